The zero-order valence-electron chi connectivity index (χ0n) is 8.93. The lowest BCUT2D eigenvalue weighted by Gasteiger charge is -1.88. The van der Waals surface area contributed by atoms with Crippen LogP contribution in [0.1, 0.15) is 23.3 Å². The zero-order valence-corrected chi connectivity index (χ0v) is 8.93. The first-order valence-corrected chi connectivity index (χ1v) is 4.68. The van der Waals surface area contributed by atoms with E-state index in [1.54, 1.807) is 24.3 Å². The summed E-state index contributed by atoms with van der Waals surface area (Å²) in [6.07, 6.45) is 4.31. The van der Waals surface area contributed by atoms with E-state index in [4.69, 9.17) is 11.5 Å². The van der Waals surface area contributed by atoms with E-state index in [1.165, 1.54) is 6.20 Å². The van der Waals surface area contributed by atoms with Crippen LogP contribution in [0.25, 0.3) is 0 Å². The van der Waals surface area contributed by atoms with Gasteiger partial charge < -0.3 is 11.5 Å². The van der Waals surface area contributed by atoms with E-state index in [2.05, 4.69) is 11.6 Å². The van der Waals surface area contributed by atoms with Gasteiger partial charge in [0, 0.05) is 12.6 Å². The number of rotatable bonds is 4. The van der Waals surface area contributed by atoms with Crippen molar-refractivity contribution in [2.75, 3.05) is 0 Å². The van der Waals surface area contributed by atoms with Crippen molar-refractivity contribution in [2.24, 2.45) is 11.5 Å². The van der Waals surface area contributed by atoms with Crippen LogP contribution >= 0.6 is 0 Å². The largest absolute Gasteiger partial charge is 0.370 e. The molecule has 0 saturated heterocycles. The fraction of sp³-hybridized carbons (Fsp3) is 0.182. The van der Waals surface area contributed by atoms with Gasteiger partial charge in [0.25, 0.3) is 5.91 Å². The molecule has 5 heteroatoms. The fourth-order valence-corrected chi connectivity index (χ4v) is 0.753. The second-order valence-electron chi connectivity index (χ2n) is 2.87. The predicted molar refractivity (Wildman–Crippen MR) is 61.4 cm³/mol. The summed E-state index contributed by atoms with van der Waals surface area (Å²) in [5.74, 6) is -0.754. The summed E-state index contributed by atoms with van der Waals surface area (Å²) in [5, 5.41) is 0. The van der Waals surface area contributed by atoms with Crippen LogP contribution in [-0.4, -0.2) is 16.8 Å². The van der Waals surface area contributed by atoms with E-state index in [9.17, 15) is 9.59 Å². The number of carbonyl (C=O) groups excluding carboxylic acids is 2. The van der Waals surface area contributed by atoms with Gasteiger partial charge in [-0.2, -0.15) is 0 Å². The van der Waals surface area contributed by atoms with Gasteiger partial charge in [0.05, 0.1) is 0 Å². The first kappa shape index (κ1) is 13.8. The Bertz CT molecular complexity index is 350. The SMILES string of the molecule is C=CCCC(N)=O.NC(=O)c1ccccn1. The standard InChI is InChI=1S/C6H6N2O.C5H9NO/c7-6(9)5-3-1-2-4-8-5;1-2-3-4-5(6)7/h1-4H,(H2,7,9);2H,1,3-4H2,(H2,6,7). The van der Waals surface area contributed by atoms with E-state index in [0.29, 0.717) is 18.5 Å². The smallest absolute Gasteiger partial charge is 0.267 e. The van der Waals surface area contributed by atoms with Gasteiger partial charge >= 0.3 is 0 Å². The number of pyridine rings is 1. The van der Waals surface area contributed by atoms with Crippen LogP contribution in [0.3, 0.4) is 0 Å². The van der Waals surface area contributed by atoms with Crippen LogP contribution < -0.4 is 11.5 Å². The minimum absolute atomic E-state index is 0.264. The fourth-order valence-electron chi connectivity index (χ4n) is 0.753. The molecule has 1 rings (SSSR count). The number of allylic oxidation sites excluding steroid dienone is 1. The van der Waals surface area contributed by atoms with Gasteiger partial charge in [-0.15, -0.1) is 6.58 Å². The molecule has 0 bridgehead atoms. The molecule has 0 unspecified atom stereocenters. The van der Waals surface area contributed by atoms with Crippen molar-refractivity contribution < 1.29 is 9.59 Å². The van der Waals surface area contributed by atoms with Crippen molar-refractivity contribution in [3.63, 3.8) is 0 Å². The first-order valence-electron chi connectivity index (χ1n) is 4.68. The van der Waals surface area contributed by atoms with Crippen LogP contribution in [0.4, 0.5) is 0 Å². The third-order valence-electron chi connectivity index (χ3n) is 1.51. The molecule has 0 aliphatic rings. The Morgan fingerprint density at radius 3 is 2.31 bits per heavy atom. The normalized spacial score (nSPS) is 8.50. The van der Waals surface area contributed by atoms with Gasteiger partial charge in [0.1, 0.15) is 5.69 Å². The topological polar surface area (TPSA) is 99.1 Å². The first-order chi connectivity index (χ1) is 7.57. The van der Waals surface area contributed by atoms with Crippen molar-refractivity contribution in [2.45, 2.75) is 12.8 Å². The molecular weight excluding hydrogens is 206 g/mol. The highest BCUT2D eigenvalue weighted by molar-refractivity contribution is 5.90. The van der Waals surface area contributed by atoms with Crippen molar-refractivity contribution in [3.05, 3.63) is 42.7 Å². The molecule has 0 radical (unpaired) electrons. The second-order valence-corrected chi connectivity index (χ2v) is 2.87. The van der Waals surface area contributed by atoms with Gasteiger partial charge in [-0.25, -0.2) is 0 Å². The number of hydrogen-bond acceptors (Lipinski definition) is 3. The Labute approximate surface area is 94.2 Å². The number of hydrogen-bond donors (Lipinski definition) is 2. The van der Waals surface area contributed by atoms with Crippen LogP contribution in [0.2, 0.25) is 0 Å². The van der Waals surface area contributed by atoms with E-state index in [-0.39, 0.29) is 5.91 Å². The maximum Gasteiger partial charge on any atom is 0.267 e. The van der Waals surface area contributed by atoms with Crippen molar-refractivity contribution in [1.29, 1.82) is 0 Å². The third-order valence-corrected chi connectivity index (χ3v) is 1.51. The molecule has 0 saturated carbocycles. The highest BCUT2D eigenvalue weighted by Gasteiger charge is 1.95. The molecule has 16 heavy (non-hydrogen) atoms. The Morgan fingerprint density at radius 2 is 2.06 bits per heavy atom. The average Bonchev–Trinajstić information content (AvgIpc) is 2.28. The number of carbonyl (C=O) groups is 2. The molecule has 86 valence electrons. The van der Waals surface area contributed by atoms with Crippen LogP contribution in [0.5, 0.6) is 0 Å². The number of nitrogens with zero attached hydrogens (tertiary/aromatic N) is 1. The van der Waals surface area contributed by atoms with E-state index in [0.717, 1.165) is 0 Å². The van der Waals surface area contributed by atoms with Crippen molar-refractivity contribution in [3.8, 4) is 0 Å². The molecule has 0 spiro atoms. The van der Waals surface area contributed by atoms with Gasteiger partial charge in [0.15, 0.2) is 0 Å². The minimum Gasteiger partial charge on any atom is -0.370 e. The Hall–Kier alpha value is -2.17. The third kappa shape index (κ3) is 7.25. The average molecular weight is 221 g/mol. The van der Waals surface area contributed by atoms with Gasteiger partial charge in [-0.3, -0.25) is 14.6 Å². The zero-order chi connectivity index (χ0) is 12.4. The van der Waals surface area contributed by atoms with E-state index < -0.39 is 5.91 Å². The lowest BCUT2D eigenvalue weighted by atomic mass is 10.3. The molecule has 0 aliphatic heterocycles. The molecular formula is C11H15N3O2. The summed E-state index contributed by atoms with van der Waals surface area (Å²) in [5.41, 5.74) is 10.0. The highest BCUT2D eigenvalue weighted by Crippen LogP contribution is 1.89. The molecule has 1 heterocycles. The Balaban J connectivity index is 0.000000293. The molecule has 0 aromatic carbocycles. The van der Waals surface area contributed by atoms with Crippen LogP contribution in [0, 0.1) is 0 Å². The summed E-state index contributed by atoms with van der Waals surface area (Å²) in [6, 6.07) is 5.02. The lowest BCUT2D eigenvalue weighted by Crippen LogP contribution is -2.12. The monoisotopic (exact) mass is 221 g/mol. The molecule has 1 aromatic heterocycles. The Kier molecular flexibility index (Phi) is 7.06. The van der Waals surface area contributed by atoms with E-state index in [1.807, 2.05) is 0 Å². The van der Waals surface area contributed by atoms with Crippen LogP contribution in [-0.2, 0) is 4.79 Å². The quantitative estimate of drug-likeness (QED) is 0.729. The number of nitrogens with two attached hydrogens (primary N) is 2. The molecule has 0 aliphatic carbocycles. The van der Waals surface area contributed by atoms with Crippen molar-refractivity contribution >= 4 is 11.8 Å². The van der Waals surface area contributed by atoms with Gasteiger partial charge in [0.2, 0.25) is 5.91 Å². The number of aromatic nitrogens is 1. The lowest BCUT2D eigenvalue weighted by molar-refractivity contribution is -0.117. The molecule has 0 fully saturated rings. The van der Waals surface area contributed by atoms with Crippen molar-refractivity contribution in [1.82, 2.24) is 4.98 Å². The summed E-state index contributed by atoms with van der Waals surface area (Å²) in [6.45, 7) is 3.42. The minimum atomic E-state index is -0.490. The molecule has 0 atom stereocenters. The summed E-state index contributed by atoms with van der Waals surface area (Å²) >= 11 is 0. The van der Waals surface area contributed by atoms with Crippen LogP contribution in [0.15, 0.2) is 37.1 Å². The Morgan fingerprint density at radius 1 is 1.38 bits per heavy atom. The highest BCUT2D eigenvalue weighted by atomic mass is 16.1. The summed E-state index contributed by atoms with van der Waals surface area (Å²) in [4.78, 5) is 24.0. The number of primary amides is 2. The van der Waals surface area contributed by atoms with Gasteiger partial charge in [-0.1, -0.05) is 12.1 Å². The predicted octanol–water partition coefficient (Wildman–Crippen LogP) is 0.618. The van der Waals surface area contributed by atoms with E-state index >= 15 is 0 Å². The molecule has 4 N–H and O–H groups in total. The molecule has 1 aromatic rings. The number of amides is 2. The second kappa shape index (κ2) is 8.16. The molecule has 5 nitrogen and oxygen atoms in total. The van der Waals surface area contributed by atoms with Gasteiger partial charge in [-0.05, 0) is 18.6 Å². The molecule has 2 amide bonds. The summed E-state index contributed by atoms with van der Waals surface area (Å²) < 4.78 is 0. The summed E-state index contributed by atoms with van der Waals surface area (Å²) in [7, 11) is 0. The maximum atomic E-state index is 10.4. The maximum absolute atomic E-state index is 10.4.